The number of ether oxygens (including phenoxy) is 1. The molecule has 0 saturated carbocycles. The van der Waals surface area contributed by atoms with Crippen molar-refractivity contribution in [2.24, 2.45) is 0 Å². The molecule has 74 valence electrons. The van der Waals surface area contributed by atoms with Crippen LogP contribution in [-0.4, -0.2) is 24.4 Å². The third-order valence-corrected chi connectivity index (χ3v) is 1.87. The third-order valence-electron chi connectivity index (χ3n) is 1.46. The highest BCUT2D eigenvalue weighted by Gasteiger charge is 2.03. The zero-order chi connectivity index (χ0) is 10.4. The number of aromatic hydroxyl groups is 1. The van der Waals surface area contributed by atoms with Gasteiger partial charge in [0.2, 0.25) is 0 Å². The molecule has 1 aromatic carbocycles. The molecule has 1 aromatic rings. The number of methoxy groups -OCH3 is 1. The van der Waals surface area contributed by atoms with Gasteiger partial charge in [-0.3, -0.25) is 0 Å². The van der Waals surface area contributed by atoms with Crippen LogP contribution in [0.5, 0.6) is 11.5 Å². The van der Waals surface area contributed by atoms with Gasteiger partial charge >= 0.3 is 0 Å². The lowest BCUT2D eigenvalue weighted by atomic mass is 10.2. The first-order valence-corrected chi connectivity index (χ1v) is 4.00. The molecule has 0 aromatic heterocycles. The van der Waals surface area contributed by atoms with Crippen LogP contribution in [0, 0.1) is 6.92 Å². The summed E-state index contributed by atoms with van der Waals surface area (Å²) in [6.07, 6.45) is 0. The van der Waals surface area contributed by atoms with E-state index in [9.17, 15) is 5.11 Å². The van der Waals surface area contributed by atoms with Gasteiger partial charge in [0.25, 0.3) is 0 Å². The van der Waals surface area contributed by atoms with Crippen molar-refractivity contribution < 1.29 is 14.9 Å². The first-order chi connectivity index (χ1) is 6.15. The molecule has 0 amide bonds. The van der Waals surface area contributed by atoms with Crippen molar-refractivity contribution in [3.8, 4) is 11.5 Å². The molecule has 1 rings (SSSR count). The van der Waals surface area contributed by atoms with Gasteiger partial charge in [0.15, 0.2) is 11.5 Å². The maximum atomic E-state index is 9.21. The number of hydrogen-bond donors (Lipinski definition) is 2. The highest BCUT2D eigenvalue weighted by Crippen LogP contribution is 2.31. The molecular weight excluding hydrogens is 192 g/mol. The quantitative estimate of drug-likeness (QED) is 0.736. The van der Waals surface area contributed by atoms with E-state index in [1.807, 2.05) is 6.92 Å². The Kier molecular flexibility index (Phi) is 5.26. The fraction of sp³-hybridized carbons (Fsp3) is 0.333. The lowest BCUT2D eigenvalue weighted by Crippen LogP contribution is -1.85. The van der Waals surface area contributed by atoms with Gasteiger partial charge < -0.3 is 14.9 Å². The number of phenols is 1. The average molecular weight is 205 g/mol. The number of phenolic OH excluding ortho intramolecular Hbond substituents is 1. The molecule has 0 fully saturated rings. The van der Waals surface area contributed by atoms with Crippen LogP contribution in [-0.2, 0) is 0 Å². The second kappa shape index (κ2) is 5.67. The van der Waals surface area contributed by atoms with E-state index in [0.29, 0.717) is 10.8 Å². The predicted molar refractivity (Wildman–Crippen MR) is 52.5 cm³/mol. The Hall–Kier alpha value is -0.930. The summed E-state index contributed by atoms with van der Waals surface area (Å²) < 4.78 is 4.87. The molecule has 3 nitrogen and oxygen atoms in total. The third kappa shape index (κ3) is 3.13. The Labute approximate surface area is 82.5 Å². The summed E-state index contributed by atoms with van der Waals surface area (Å²) in [5, 5.41) is 16.8. The molecule has 0 saturated heterocycles. The van der Waals surface area contributed by atoms with E-state index in [1.165, 1.54) is 13.2 Å². The van der Waals surface area contributed by atoms with E-state index >= 15 is 0 Å². The minimum absolute atomic E-state index is 0.0723. The molecule has 0 unspecified atom stereocenters. The Morgan fingerprint density at radius 1 is 1.31 bits per heavy atom. The van der Waals surface area contributed by atoms with Crippen molar-refractivity contribution in [1.82, 2.24) is 0 Å². The normalized spacial score (nSPS) is 8.69. The number of rotatable bonds is 1. The monoisotopic (exact) mass is 204 g/mol. The van der Waals surface area contributed by atoms with Gasteiger partial charge in [0.1, 0.15) is 0 Å². The maximum absolute atomic E-state index is 9.21. The van der Waals surface area contributed by atoms with Crippen LogP contribution in [0.3, 0.4) is 0 Å². The SMILES string of the molecule is CO.COc1cc(C)c(Cl)cc1O. The molecule has 2 N–H and O–H groups in total. The molecule has 4 heteroatoms. The van der Waals surface area contributed by atoms with Gasteiger partial charge in [0, 0.05) is 18.2 Å². The molecule has 0 atom stereocenters. The first kappa shape index (κ1) is 12.1. The van der Waals surface area contributed by atoms with Crippen molar-refractivity contribution in [2.45, 2.75) is 6.92 Å². The number of benzene rings is 1. The number of aliphatic hydroxyl groups excluding tert-OH is 1. The zero-order valence-corrected chi connectivity index (χ0v) is 8.59. The van der Waals surface area contributed by atoms with Crippen LogP contribution in [0.25, 0.3) is 0 Å². The number of aliphatic hydroxyl groups is 1. The smallest absolute Gasteiger partial charge is 0.160 e. The summed E-state index contributed by atoms with van der Waals surface area (Å²) >= 11 is 5.73. The second-order valence-electron chi connectivity index (χ2n) is 2.27. The highest BCUT2D eigenvalue weighted by molar-refractivity contribution is 6.31. The minimum Gasteiger partial charge on any atom is -0.504 e. The molecule has 13 heavy (non-hydrogen) atoms. The van der Waals surface area contributed by atoms with E-state index in [4.69, 9.17) is 21.4 Å². The van der Waals surface area contributed by atoms with Crippen LogP contribution >= 0.6 is 11.6 Å². The maximum Gasteiger partial charge on any atom is 0.160 e. The summed E-state index contributed by atoms with van der Waals surface area (Å²) in [7, 11) is 2.50. The van der Waals surface area contributed by atoms with E-state index in [2.05, 4.69) is 0 Å². The van der Waals surface area contributed by atoms with Crippen LogP contribution in [0.1, 0.15) is 5.56 Å². The van der Waals surface area contributed by atoms with Gasteiger partial charge in [-0.2, -0.15) is 0 Å². The largest absolute Gasteiger partial charge is 0.504 e. The predicted octanol–water partition coefficient (Wildman–Crippen LogP) is 1.97. The molecule has 0 spiro atoms. The molecule has 0 bridgehead atoms. The Morgan fingerprint density at radius 2 is 1.85 bits per heavy atom. The summed E-state index contributed by atoms with van der Waals surface area (Å²) in [4.78, 5) is 0. The zero-order valence-electron chi connectivity index (χ0n) is 7.84. The number of aryl methyl sites for hydroxylation is 1. The van der Waals surface area contributed by atoms with Crippen molar-refractivity contribution in [3.63, 3.8) is 0 Å². The van der Waals surface area contributed by atoms with Crippen molar-refractivity contribution in [1.29, 1.82) is 0 Å². The van der Waals surface area contributed by atoms with Crippen molar-refractivity contribution in [3.05, 3.63) is 22.7 Å². The van der Waals surface area contributed by atoms with Gasteiger partial charge in [-0.15, -0.1) is 0 Å². The standard InChI is InChI=1S/C8H9ClO2.CH4O/c1-5-3-8(11-2)7(10)4-6(5)9;1-2/h3-4,10H,1-2H3;2H,1H3. The summed E-state index contributed by atoms with van der Waals surface area (Å²) in [5.41, 5.74) is 0.890. The van der Waals surface area contributed by atoms with Crippen LogP contribution < -0.4 is 4.74 Å². The Morgan fingerprint density at radius 3 is 2.31 bits per heavy atom. The molecule has 0 radical (unpaired) electrons. The first-order valence-electron chi connectivity index (χ1n) is 3.63. The van der Waals surface area contributed by atoms with Gasteiger partial charge in [0.05, 0.1) is 7.11 Å². The summed E-state index contributed by atoms with van der Waals surface area (Å²) in [6, 6.07) is 3.16. The Balaban J connectivity index is 0.000000671. The number of halogens is 1. The van der Waals surface area contributed by atoms with E-state index in [-0.39, 0.29) is 5.75 Å². The van der Waals surface area contributed by atoms with Gasteiger partial charge in [-0.1, -0.05) is 11.6 Å². The summed E-state index contributed by atoms with van der Waals surface area (Å²) in [6.45, 7) is 1.85. The molecular formula is C9H13ClO3. The highest BCUT2D eigenvalue weighted by atomic mass is 35.5. The lowest BCUT2D eigenvalue weighted by Gasteiger charge is -2.04. The molecule has 0 aliphatic heterocycles. The van der Waals surface area contributed by atoms with Gasteiger partial charge in [-0.25, -0.2) is 0 Å². The lowest BCUT2D eigenvalue weighted by molar-refractivity contribution is 0.373. The van der Waals surface area contributed by atoms with Gasteiger partial charge in [-0.05, 0) is 18.6 Å². The van der Waals surface area contributed by atoms with Crippen molar-refractivity contribution >= 4 is 11.6 Å². The van der Waals surface area contributed by atoms with Crippen LogP contribution in [0.2, 0.25) is 5.02 Å². The summed E-state index contributed by atoms with van der Waals surface area (Å²) in [5.74, 6) is 0.523. The fourth-order valence-electron chi connectivity index (χ4n) is 0.808. The molecule has 0 heterocycles. The van der Waals surface area contributed by atoms with E-state index < -0.39 is 0 Å². The fourth-order valence-corrected chi connectivity index (χ4v) is 0.966. The minimum atomic E-state index is 0.0723. The van der Waals surface area contributed by atoms with Crippen LogP contribution in [0.4, 0.5) is 0 Å². The van der Waals surface area contributed by atoms with Crippen molar-refractivity contribution in [2.75, 3.05) is 14.2 Å². The molecule has 0 aliphatic rings. The second-order valence-corrected chi connectivity index (χ2v) is 2.68. The topological polar surface area (TPSA) is 49.7 Å². The van der Waals surface area contributed by atoms with E-state index in [0.717, 1.165) is 12.7 Å². The van der Waals surface area contributed by atoms with Crippen LogP contribution in [0.15, 0.2) is 12.1 Å². The average Bonchev–Trinajstić information content (AvgIpc) is 2.15. The Bertz CT molecular complexity index is 274. The molecule has 0 aliphatic carbocycles. The van der Waals surface area contributed by atoms with E-state index in [1.54, 1.807) is 6.07 Å². The number of hydrogen-bond acceptors (Lipinski definition) is 3.